The molecular formula is C17H22ClN3O2. The molecule has 5 nitrogen and oxygen atoms in total. The SMILES string of the molecule is CNC(=O)C1CCC(NC(=O)N2CCc3ccc(Cl)cc32)CC1. The summed E-state index contributed by atoms with van der Waals surface area (Å²) < 4.78 is 0. The highest BCUT2D eigenvalue weighted by Gasteiger charge is 2.30. The first-order chi connectivity index (χ1) is 11.1. The molecule has 6 heteroatoms. The zero-order valence-corrected chi connectivity index (χ0v) is 14.0. The topological polar surface area (TPSA) is 61.4 Å². The third-order valence-electron chi connectivity index (χ3n) is 4.86. The molecule has 1 aliphatic heterocycles. The van der Waals surface area contributed by atoms with Crippen LogP contribution in [0.2, 0.25) is 5.02 Å². The van der Waals surface area contributed by atoms with Gasteiger partial charge in [0.1, 0.15) is 0 Å². The van der Waals surface area contributed by atoms with Crippen LogP contribution in [0.5, 0.6) is 0 Å². The molecule has 1 heterocycles. The van der Waals surface area contributed by atoms with E-state index in [1.165, 1.54) is 0 Å². The van der Waals surface area contributed by atoms with Gasteiger partial charge in [0, 0.05) is 30.6 Å². The molecule has 0 saturated heterocycles. The van der Waals surface area contributed by atoms with Crippen molar-refractivity contribution in [2.24, 2.45) is 5.92 Å². The van der Waals surface area contributed by atoms with Crippen molar-refractivity contribution in [3.05, 3.63) is 28.8 Å². The van der Waals surface area contributed by atoms with Gasteiger partial charge in [0.05, 0.1) is 5.69 Å². The number of nitrogens with zero attached hydrogens (tertiary/aromatic N) is 1. The van der Waals surface area contributed by atoms with Gasteiger partial charge in [-0.1, -0.05) is 17.7 Å². The van der Waals surface area contributed by atoms with E-state index in [0.717, 1.165) is 43.4 Å². The molecule has 2 N–H and O–H groups in total. The van der Waals surface area contributed by atoms with Crippen LogP contribution in [-0.4, -0.2) is 31.6 Å². The molecule has 0 unspecified atom stereocenters. The monoisotopic (exact) mass is 335 g/mol. The maximum absolute atomic E-state index is 12.6. The van der Waals surface area contributed by atoms with Crippen molar-refractivity contribution in [2.75, 3.05) is 18.5 Å². The average molecular weight is 336 g/mol. The van der Waals surface area contributed by atoms with Gasteiger partial charge in [0.2, 0.25) is 5.91 Å². The summed E-state index contributed by atoms with van der Waals surface area (Å²) in [4.78, 5) is 26.0. The smallest absolute Gasteiger partial charge is 0.322 e. The minimum absolute atomic E-state index is 0.0607. The minimum atomic E-state index is -0.0607. The minimum Gasteiger partial charge on any atom is -0.359 e. The standard InChI is InChI=1S/C17H22ClN3O2/c1-19-16(22)12-3-6-14(7-4-12)20-17(23)21-9-8-11-2-5-13(18)10-15(11)21/h2,5,10,12,14H,3-4,6-9H2,1H3,(H,19,22)(H,20,23). The van der Waals surface area contributed by atoms with Gasteiger partial charge >= 0.3 is 6.03 Å². The first-order valence-corrected chi connectivity index (χ1v) is 8.54. The predicted molar refractivity (Wildman–Crippen MR) is 90.8 cm³/mol. The van der Waals surface area contributed by atoms with Crippen LogP contribution < -0.4 is 15.5 Å². The van der Waals surface area contributed by atoms with Crippen LogP contribution in [-0.2, 0) is 11.2 Å². The van der Waals surface area contributed by atoms with E-state index in [9.17, 15) is 9.59 Å². The van der Waals surface area contributed by atoms with Gasteiger partial charge in [-0.2, -0.15) is 0 Å². The Hall–Kier alpha value is -1.75. The number of fused-ring (bicyclic) bond motifs is 1. The zero-order valence-electron chi connectivity index (χ0n) is 13.3. The van der Waals surface area contributed by atoms with Gasteiger partial charge < -0.3 is 10.6 Å². The zero-order chi connectivity index (χ0) is 16.4. The van der Waals surface area contributed by atoms with Crippen LogP contribution in [0.1, 0.15) is 31.2 Å². The summed E-state index contributed by atoms with van der Waals surface area (Å²) in [6, 6.07) is 5.79. The van der Waals surface area contributed by atoms with Crippen LogP contribution in [0.15, 0.2) is 18.2 Å². The number of benzene rings is 1. The molecule has 1 aromatic rings. The summed E-state index contributed by atoms with van der Waals surface area (Å²) in [5, 5.41) is 6.46. The quantitative estimate of drug-likeness (QED) is 0.873. The molecule has 2 aliphatic rings. The molecule has 0 radical (unpaired) electrons. The molecule has 23 heavy (non-hydrogen) atoms. The number of rotatable bonds is 2. The number of carbonyl (C=O) groups excluding carboxylic acids is 2. The molecule has 1 aromatic carbocycles. The molecule has 0 spiro atoms. The number of hydrogen-bond acceptors (Lipinski definition) is 2. The van der Waals surface area contributed by atoms with Crippen LogP contribution in [0, 0.1) is 5.92 Å². The Balaban J connectivity index is 1.57. The Kier molecular flexibility index (Phi) is 4.76. The lowest BCUT2D eigenvalue weighted by molar-refractivity contribution is -0.125. The van der Waals surface area contributed by atoms with E-state index in [1.807, 2.05) is 18.2 Å². The van der Waals surface area contributed by atoms with E-state index < -0.39 is 0 Å². The van der Waals surface area contributed by atoms with Crippen molar-refractivity contribution in [3.8, 4) is 0 Å². The molecule has 0 atom stereocenters. The Labute approximate surface area is 141 Å². The Bertz CT molecular complexity index is 612. The van der Waals surface area contributed by atoms with Gasteiger partial charge in [0.15, 0.2) is 0 Å². The fourth-order valence-corrected chi connectivity index (χ4v) is 3.69. The third-order valence-corrected chi connectivity index (χ3v) is 5.10. The number of halogens is 1. The number of hydrogen-bond donors (Lipinski definition) is 2. The van der Waals surface area contributed by atoms with Crippen molar-refractivity contribution in [3.63, 3.8) is 0 Å². The van der Waals surface area contributed by atoms with Gasteiger partial charge in [0.25, 0.3) is 0 Å². The van der Waals surface area contributed by atoms with E-state index in [1.54, 1.807) is 11.9 Å². The van der Waals surface area contributed by atoms with Crippen LogP contribution in [0.3, 0.4) is 0 Å². The molecule has 1 fully saturated rings. The largest absolute Gasteiger partial charge is 0.359 e. The second kappa shape index (κ2) is 6.79. The van der Waals surface area contributed by atoms with Crippen LogP contribution in [0.4, 0.5) is 10.5 Å². The Morgan fingerprint density at radius 3 is 2.65 bits per heavy atom. The molecule has 124 valence electrons. The van der Waals surface area contributed by atoms with E-state index in [2.05, 4.69) is 10.6 Å². The lowest BCUT2D eigenvalue weighted by atomic mass is 9.85. The predicted octanol–water partition coefficient (Wildman–Crippen LogP) is 2.72. The fourth-order valence-electron chi connectivity index (χ4n) is 3.52. The molecule has 0 bridgehead atoms. The average Bonchev–Trinajstić information content (AvgIpc) is 2.98. The number of anilines is 1. The molecule has 3 amide bonds. The van der Waals surface area contributed by atoms with E-state index in [0.29, 0.717) is 11.6 Å². The molecule has 3 rings (SSSR count). The number of nitrogens with one attached hydrogen (secondary N) is 2. The lowest BCUT2D eigenvalue weighted by Gasteiger charge is -2.29. The summed E-state index contributed by atoms with van der Waals surface area (Å²) in [5.74, 6) is 0.192. The Morgan fingerprint density at radius 1 is 1.22 bits per heavy atom. The number of carbonyl (C=O) groups is 2. The molecule has 0 aromatic heterocycles. The normalized spacial score (nSPS) is 23.3. The fraction of sp³-hybridized carbons (Fsp3) is 0.529. The van der Waals surface area contributed by atoms with Gasteiger partial charge in [-0.3, -0.25) is 9.69 Å². The van der Waals surface area contributed by atoms with E-state index in [4.69, 9.17) is 11.6 Å². The number of urea groups is 1. The highest BCUT2D eigenvalue weighted by atomic mass is 35.5. The maximum Gasteiger partial charge on any atom is 0.322 e. The Morgan fingerprint density at radius 2 is 1.96 bits per heavy atom. The van der Waals surface area contributed by atoms with Gasteiger partial charge in [-0.25, -0.2) is 4.79 Å². The lowest BCUT2D eigenvalue weighted by Crippen LogP contribution is -2.46. The van der Waals surface area contributed by atoms with Crippen LogP contribution >= 0.6 is 11.6 Å². The first kappa shape index (κ1) is 16.1. The first-order valence-electron chi connectivity index (χ1n) is 8.16. The molecule has 1 saturated carbocycles. The highest BCUT2D eigenvalue weighted by Crippen LogP contribution is 2.31. The van der Waals surface area contributed by atoms with Crippen molar-refractivity contribution in [1.29, 1.82) is 0 Å². The van der Waals surface area contributed by atoms with Crippen LogP contribution in [0.25, 0.3) is 0 Å². The van der Waals surface area contributed by atoms with Gasteiger partial charge in [-0.15, -0.1) is 0 Å². The van der Waals surface area contributed by atoms with Crippen molar-refractivity contribution in [1.82, 2.24) is 10.6 Å². The summed E-state index contributed by atoms with van der Waals surface area (Å²) in [5.41, 5.74) is 2.07. The maximum atomic E-state index is 12.6. The van der Waals surface area contributed by atoms with Crippen molar-refractivity contribution in [2.45, 2.75) is 38.1 Å². The summed E-state index contributed by atoms with van der Waals surface area (Å²) >= 11 is 6.05. The van der Waals surface area contributed by atoms with Crippen molar-refractivity contribution >= 4 is 29.2 Å². The highest BCUT2D eigenvalue weighted by molar-refractivity contribution is 6.31. The third kappa shape index (κ3) is 3.44. The van der Waals surface area contributed by atoms with Crippen molar-refractivity contribution < 1.29 is 9.59 Å². The molecular weight excluding hydrogens is 314 g/mol. The summed E-state index contributed by atoms with van der Waals surface area (Å²) in [6.45, 7) is 0.690. The summed E-state index contributed by atoms with van der Waals surface area (Å²) in [6.07, 6.45) is 4.21. The second-order valence-corrected chi connectivity index (χ2v) is 6.72. The van der Waals surface area contributed by atoms with E-state index >= 15 is 0 Å². The van der Waals surface area contributed by atoms with Gasteiger partial charge in [-0.05, 0) is 49.8 Å². The molecule has 1 aliphatic carbocycles. The van der Waals surface area contributed by atoms with E-state index in [-0.39, 0.29) is 23.9 Å². The second-order valence-electron chi connectivity index (χ2n) is 6.29. The summed E-state index contributed by atoms with van der Waals surface area (Å²) in [7, 11) is 1.67. The number of amides is 3.